The molecule has 0 spiro atoms. The van der Waals surface area contributed by atoms with Crippen LogP contribution < -0.4 is 5.32 Å². The molecule has 2 amide bonds. The van der Waals surface area contributed by atoms with Crippen molar-refractivity contribution < 1.29 is 27.5 Å². The quantitative estimate of drug-likeness (QED) is 0.767. The smallest absolute Gasteiger partial charge is 0.416 e. The molecule has 30 heavy (non-hydrogen) atoms. The van der Waals surface area contributed by atoms with E-state index in [1.807, 2.05) is 0 Å². The van der Waals surface area contributed by atoms with Crippen LogP contribution in [0.2, 0.25) is 0 Å². The predicted molar refractivity (Wildman–Crippen MR) is 106 cm³/mol. The molecule has 0 radical (unpaired) electrons. The molecule has 1 aromatic carbocycles. The van der Waals surface area contributed by atoms with Gasteiger partial charge in [-0.25, -0.2) is 4.79 Å². The molecule has 3 unspecified atom stereocenters. The number of piperidine rings is 1. The van der Waals surface area contributed by atoms with E-state index in [0.29, 0.717) is 31.6 Å². The van der Waals surface area contributed by atoms with Crippen LogP contribution in [-0.2, 0) is 15.7 Å². The molecule has 5 nitrogen and oxygen atoms in total. The number of alkyl halides is 3. The van der Waals surface area contributed by atoms with E-state index in [4.69, 9.17) is 4.74 Å². The molecular weight excluding hydrogens is 397 g/mol. The lowest BCUT2D eigenvalue weighted by atomic mass is 9.97. The predicted octanol–water partition coefficient (Wildman–Crippen LogP) is 4.57. The number of amides is 2. The average Bonchev–Trinajstić information content (AvgIpc) is 3.45. The third kappa shape index (κ3) is 5.89. The fourth-order valence-electron chi connectivity index (χ4n) is 3.99. The maximum absolute atomic E-state index is 12.9. The van der Waals surface area contributed by atoms with E-state index in [0.717, 1.165) is 25.0 Å². The number of carbonyl (C=O) groups is 2. The normalized spacial score (nSPS) is 24.3. The van der Waals surface area contributed by atoms with E-state index in [2.05, 4.69) is 5.32 Å². The van der Waals surface area contributed by atoms with Crippen molar-refractivity contribution in [1.29, 1.82) is 0 Å². The van der Waals surface area contributed by atoms with Crippen LogP contribution in [0, 0.1) is 11.8 Å². The number of carbonyl (C=O) groups excluding carboxylic acids is 2. The summed E-state index contributed by atoms with van der Waals surface area (Å²) in [5.41, 5.74) is -0.670. The summed E-state index contributed by atoms with van der Waals surface area (Å²) in [4.78, 5) is 26.5. The number of alkyl carbamates (subject to hydrolysis) is 1. The molecule has 0 aromatic heterocycles. The Bertz CT molecular complexity index is 789. The van der Waals surface area contributed by atoms with Crippen molar-refractivity contribution in [1.82, 2.24) is 10.2 Å². The molecule has 8 heteroatoms. The van der Waals surface area contributed by atoms with Crippen molar-refractivity contribution in [3.05, 3.63) is 35.4 Å². The Kier molecular flexibility index (Phi) is 6.34. The first kappa shape index (κ1) is 22.4. The largest absolute Gasteiger partial charge is 0.444 e. The average molecular weight is 426 g/mol. The fourth-order valence-corrected chi connectivity index (χ4v) is 3.99. The molecule has 1 saturated carbocycles. The Morgan fingerprint density at radius 1 is 1.23 bits per heavy atom. The molecular formula is C22H29F3N2O3. The number of nitrogens with one attached hydrogen (secondary N) is 1. The highest BCUT2D eigenvalue weighted by Gasteiger charge is 2.47. The molecule has 1 saturated heterocycles. The van der Waals surface area contributed by atoms with Gasteiger partial charge in [-0.15, -0.1) is 0 Å². The Balaban J connectivity index is 1.52. The van der Waals surface area contributed by atoms with Gasteiger partial charge < -0.3 is 15.0 Å². The summed E-state index contributed by atoms with van der Waals surface area (Å²) in [6.45, 7) is 7.01. The summed E-state index contributed by atoms with van der Waals surface area (Å²) in [7, 11) is 0. The Hall–Kier alpha value is -2.25. The zero-order chi connectivity index (χ0) is 22.1. The zero-order valence-corrected chi connectivity index (χ0v) is 17.6. The molecule has 1 heterocycles. The summed E-state index contributed by atoms with van der Waals surface area (Å²) in [6, 6.07) is 5.27. The van der Waals surface area contributed by atoms with E-state index in [-0.39, 0.29) is 23.7 Å². The van der Waals surface area contributed by atoms with E-state index in [1.165, 1.54) is 6.07 Å². The van der Waals surface area contributed by atoms with Gasteiger partial charge in [-0.1, -0.05) is 18.2 Å². The maximum atomic E-state index is 12.9. The highest BCUT2D eigenvalue weighted by molar-refractivity contribution is 5.83. The molecule has 3 rings (SSSR count). The van der Waals surface area contributed by atoms with Gasteiger partial charge in [0.2, 0.25) is 5.91 Å². The Morgan fingerprint density at radius 3 is 2.63 bits per heavy atom. The van der Waals surface area contributed by atoms with Gasteiger partial charge in [-0.2, -0.15) is 13.2 Å². The number of hydrogen-bond donors (Lipinski definition) is 1. The number of nitrogens with zero attached hydrogens (tertiary/aromatic N) is 1. The van der Waals surface area contributed by atoms with Gasteiger partial charge in [-0.05, 0) is 63.5 Å². The summed E-state index contributed by atoms with van der Waals surface area (Å²) in [5.74, 6) is -0.272. The van der Waals surface area contributed by atoms with E-state index in [1.54, 1.807) is 31.7 Å². The van der Waals surface area contributed by atoms with Crippen LogP contribution in [0.4, 0.5) is 18.0 Å². The van der Waals surface area contributed by atoms with Crippen molar-refractivity contribution >= 4 is 12.0 Å². The lowest BCUT2D eigenvalue weighted by molar-refractivity contribution is -0.137. The second kappa shape index (κ2) is 8.47. The second-order valence-electron chi connectivity index (χ2n) is 9.25. The van der Waals surface area contributed by atoms with Crippen molar-refractivity contribution in [3.63, 3.8) is 0 Å². The molecule has 1 N–H and O–H groups in total. The minimum absolute atomic E-state index is 0.000574. The summed E-state index contributed by atoms with van der Waals surface area (Å²) >= 11 is 0. The number of likely N-dealkylation sites (tertiary alicyclic amines) is 1. The maximum Gasteiger partial charge on any atom is 0.416 e. The number of benzene rings is 1. The van der Waals surface area contributed by atoms with Gasteiger partial charge in [0.05, 0.1) is 5.56 Å². The minimum atomic E-state index is -4.38. The molecule has 2 fully saturated rings. The number of halogens is 3. The van der Waals surface area contributed by atoms with Crippen LogP contribution in [0.5, 0.6) is 0 Å². The highest BCUT2D eigenvalue weighted by Crippen LogP contribution is 2.49. The monoisotopic (exact) mass is 426 g/mol. The van der Waals surface area contributed by atoms with Crippen molar-refractivity contribution in [2.75, 3.05) is 19.6 Å². The molecule has 1 aromatic rings. The first-order valence-corrected chi connectivity index (χ1v) is 10.4. The molecule has 3 atom stereocenters. The van der Waals surface area contributed by atoms with Gasteiger partial charge in [0, 0.05) is 25.6 Å². The van der Waals surface area contributed by atoms with Crippen LogP contribution in [0.25, 0.3) is 0 Å². The third-order valence-electron chi connectivity index (χ3n) is 5.51. The highest BCUT2D eigenvalue weighted by atomic mass is 19.4. The molecule has 1 aliphatic carbocycles. The van der Waals surface area contributed by atoms with Gasteiger partial charge in [0.15, 0.2) is 0 Å². The minimum Gasteiger partial charge on any atom is -0.444 e. The van der Waals surface area contributed by atoms with Gasteiger partial charge in [-0.3, -0.25) is 4.79 Å². The van der Waals surface area contributed by atoms with Gasteiger partial charge >= 0.3 is 12.3 Å². The molecule has 166 valence electrons. The SMILES string of the molecule is CC(C)(C)OC(=O)NCC1CCCN(C(=O)C2CC2c2cccc(C(F)(F)F)c2)C1. The topological polar surface area (TPSA) is 58.6 Å². The summed E-state index contributed by atoms with van der Waals surface area (Å²) in [6.07, 6.45) is -2.53. The summed E-state index contributed by atoms with van der Waals surface area (Å²) < 4.78 is 44.1. The van der Waals surface area contributed by atoms with Crippen LogP contribution in [-0.4, -0.2) is 42.1 Å². The van der Waals surface area contributed by atoms with E-state index >= 15 is 0 Å². The molecule has 0 bridgehead atoms. The number of ether oxygens (including phenoxy) is 1. The summed E-state index contributed by atoms with van der Waals surface area (Å²) in [5, 5.41) is 2.76. The van der Waals surface area contributed by atoms with Crippen molar-refractivity contribution in [2.45, 2.75) is 57.7 Å². The molecule has 2 aliphatic rings. The third-order valence-corrected chi connectivity index (χ3v) is 5.51. The number of hydrogen-bond acceptors (Lipinski definition) is 3. The van der Waals surface area contributed by atoms with Gasteiger partial charge in [0.25, 0.3) is 0 Å². The van der Waals surface area contributed by atoms with Crippen molar-refractivity contribution in [3.8, 4) is 0 Å². The first-order chi connectivity index (χ1) is 13.9. The fraction of sp³-hybridized carbons (Fsp3) is 0.636. The van der Waals surface area contributed by atoms with E-state index < -0.39 is 23.4 Å². The van der Waals surface area contributed by atoms with Crippen LogP contribution in [0.3, 0.4) is 0 Å². The van der Waals surface area contributed by atoms with Gasteiger partial charge in [0.1, 0.15) is 5.60 Å². The lowest BCUT2D eigenvalue weighted by Crippen LogP contribution is -2.45. The van der Waals surface area contributed by atoms with Crippen LogP contribution in [0.1, 0.15) is 57.1 Å². The Labute approximate surface area is 175 Å². The zero-order valence-electron chi connectivity index (χ0n) is 17.6. The second-order valence-corrected chi connectivity index (χ2v) is 9.25. The standard InChI is InChI=1S/C22H29F3N2O3/c1-21(2,3)30-20(29)26-12-14-6-5-9-27(13-14)19(28)18-11-17(18)15-7-4-8-16(10-15)22(23,24)25/h4,7-8,10,14,17-18H,5-6,9,11-13H2,1-3H3,(H,26,29). The Morgan fingerprint density at radius 2 is 1.97 bits per heavy atom. The lowest BCUT2D eigenvalue weighted by Gasteiger charge is -2.33. The van der Waals surface area contributed by atoms with Crippen molar-refractivity contribution in [2.24, 2.45) is 11.8 Å². The van der Waals surface area contributed by atoms with Crippen LogP contribution in [0.15, 0.2) is 24.3 Å². The molecule has 1 aliphatic heterocycles. The first-order valence-electron chi connectivity index (χ1n) is 10.4. The van der Waals surface area contributed by atoms with Crippen LogP contribution >= 0.6 is 0 Å². The van der Waals surface area contributed by atoms with E-state index in [9.17, 15) is 22.8 Å². The number of rotatable bonds is 4.